The molecule has 0 atom stereocenters. The van der Waals surface area contributed by atoms with E-state index in [2.05, 4.69) is 191 Å². The summed E-state index contributed by atoms with van der Waals surface area (Å²) in [4.78, 5) is 10.6. The Kier molecular flexibility index (Phi) is 6.02. The van der Waals surface area contributed by atoms with Crippen LogP contribution in [0.4, 0.5) is 0 Å². The number of para-hydroxylation sites is 2. The predicted octanol–water partition coefficient (Wildman–Crippen LogP) is 13.0. The minimum Gasteiger partial charge on any atom is -0.309 e. The maximum Gasteiger partial charge on any atom is 0.162 e. The van der Waals surface area contributed by atoms with Gasteiger partial charge in [0.2, 0.25) is 0 Å². The third-order valence-corrected chi connectivity index (χ3v) is 11.2. The normalized spacial score (nSPS) is 12.1. The second-order valence-corrected chi connectivity index (χ2v) is 14.2. The van der Waals surface area contributed by atoms with Crippen molar-refractivity contribution in [3.63, 3.8) is 0 Å². The highest BCUT2D eigenvalue weighted by atomic mass is 15.1. The fourth-order valence-electron chi connectivity index (χ4n) is 8.75. The highest BCUT2D eigenvalue weighted by molar-refractivity contribution is 6.19. The molecule has 12 aromatic rings. The van der Waals surface area contributed by atoms with Gasteiger partial charge in [-0.3, -0.25) is 4.57 Å². The number of rotatable bonds is 3. The topological polar surface area (TPSA) is 35.6 Å². The lowest BCUT2D eigenvalue weighted by Crippen LogP contribution is -2.03. The lowest BCUT2D eigenvalue weighted by atomic mass is 10.1. The van der Waals surface area contributed by atoms with Gasteiger partial charge >= 0.3 is 0 Å². The molecule has 54 heavy (non-hydrogen) atoms. The Bertz CT molecular complexity index is 3510. The fourth-order valence-corrected chi connectivity index (χ4v) is 8.75. The highest BCUT2D eigenvalue weighted by Gasteiger charge is 2.21. The maximum atomic E-state index is 5.44. The summed E-state index contributed by atoms with van der Waals surface area (Å²) >= 11 is 0. The van der Waals surface area contributed by atoms with Gasteiger partial charge in [-0.25, -0.2) is 9.97 Å². The van der Waals surface area contributed by atoms with E-state index in [1.165, 1.54) is 64.9 Å². The number of benzene rings is 9. The fraction of sp³-hybridized carbons (Fsp3) is 0. The number of aromatic nitrogens is 4. The molecule has 0 fully saturated rings. The van der Waals surface area contributed by atoms with Crippen LogP contribution in [-0.2, 0) is 0 Å². The first kappa shape index (κ1) is 29.3. The second kappa shape index (κ2) is 11.1. The van der Waals surface area contributed by atoms with E-state index in [0.717, 1.165) is 39.0 Å². The standard InChI is InChI=1S/C50H30N4/c1-2-13-33-27-36(22-21-31(33)11-1)49-51-44-19-9-7-18-41(44)50(52-49)54-46-26-24-37(30-43(46)42-28-34-14-3-4-15-35(34)29-47(42)54)53-45-20-10-8-17-39(45)40-25-23-32-12-5-6-16-38(32)48(40)53/h1-30H. The van der Waals surface area contributed by atoms with Crippen molar-refractivity contribution in [1.82, 2.24) is 19.1 Å². The Morgan fingerprint density at radius 3 is 1.81 bits per heavy atom. The summed E-state index contributed by atoms with van der Waals surface area (Å²) in [5, 5.41) is 13.1. The Balaban J connectivity index is 1.19. The molecule has 0 saturated heterocycles. The zero-order valence-corrected chi connectivity index (χ0v) is 29.1. The van der Waals surface area contributed by atoms with Crippen LogP contribution in [0.25, 0.3) is 110 Å². The quantitative estimate of drug-likeness (QED) is 0.185. The Hall–Kier alpha value is -7.30. The van der Waals surface area contributed by atoms with E-state index < -0.39 is 0 Å². The zero-order valence-electron chi connectivity index (χ0n) is 29.1. The molecule has 4 heteroatoms. The van der Waals surface area contributed by atoms with Gasteiger partial charge in [0.25, 0.3) is 0 Å². The molecule has 0 spiro atoms. The third kappa shape index (κ3) is 4.19. The molecule has 3 aromatic heterocycles. The lowest BCUT2D eigenvalue weighted by molar-refractivity contribution is 1.08. The monoisotopic (exact) mass is 686 g/mol. The smallest absolute Gasteiger partial charge is 0.162 e. The van der Waals surface area contributed by atoms with E-state index in [1.807, 2.05) is 0 Å². The van der Waals surface area contributed by atoms with Gasteiger partial charge in [-0.05, 0) is 81.5 Å². The predicted molar refractivity (Wildman–Crippen MR) is 226 cm³/mol. The minimum atomic E-state index is 0.707. The second-order valence-electron chi connectivity index (χ2n) is 14.2. The van der Waals surface area contributed by atoms with Crippen LogP contribution in [0, 0.1) is 0 Å². The zero-order chi connectivity index (χ0) is 35.3. The van der Waals surface area contributed by atoms with Crippen molar-refractivity contribution in [2.75, 3.05) is 0 Å². The Morgan fingerprint density at radius 1 is 0.333 bits per heavy atom. The molecular weight excluding hydrogens is 657 g/mol. The van der Waals surface area contributed by atoms with Gasteiger partial charge in [0.15, 0.2) is 5.82 Å². The van der Waals surface area contributed by atoms with Crippen molar-refractivity contribution in [2.24, 2.45) is 0 Å². The molecule has 0 amide bonds. The summed E-state index contributed by atoms with van der Waals surface area (Å²) < 4.78 is 4.81. The van der Waals surface area contributed by atoms with Crippen molar-refractivity contribution in [3.05, 3.63) is 182 Å². The molecule has 0 bridgehead atoms. The van der Waals surface area contributed by atoms with E-state index in [0.29, 0.717) is 5.82 Å². The first-order chi connectivity index (χ1) is 26.8. The summed E-state index contributed by atoms with van der Waals surface area (Å²) in [6.07, 6.45) is 0. The summed E-state index contributed by atoms with van der Waals surface area (Å²) in [5.74, 6) is 1.58. The molecule has 3 heterocycles. The lowest BCUT2D eigenvalue weighted by Gasteiger charge is -2.14. The van der Waals surface area contributed by atoms with E-state index >= 15 is 0 Å². The molecule has 0 aliphatic carbocycles. The van der Waals surface area contributed by atoms with Crippen LogP contribution in [0.15, 0.2) is 182 Å². The average Bonchev–Trinajstić information content (AvgIpc) is 3.74. The summed E-state index contributed by atoms with van der Waals surface area (Å²) in [6.45, 7) is 0. The van der Waals surface area contributed by atoms with Crippen LogP contribution in [-0.4, -0.2) is 19.1 Å². The summed E-state index contributed by atoms with van der Waals surface area (Å²) in [7, 11) is 0. The van der Waals surface area contributed by atoms with Gasteiger partial charge in [-0.15, -0.1) is 0 Å². The van der Waals surface area contributed by atoms with E-state index in [1.54, 1.807) is 0 Å². The molecule has 9 aromatic carbocycles. The van der Waals surface area contributed by atoms with Gasteiger partial charge in [-0.1, -0.05) is 127 Å². The van der Waals surface area contributed by atoms with Crippen LogP contribution in [0.3, 0.4) is 0 Å². The van der Waals surface area contributed by atoms with Gasteiger partial charge in [0, 0.05) is 43.6 Å². The molecule has 0 N–H and O–H groups in total. The van der Waals surface area contributed by atoms with Crippen LogP contribution >= 0.6 is 0 Å². The van der Waals surface area contributed by atoms with Crippen molar-refractivity contribution < 1.29 is 0 Å². The number of fused-ring (bicyclic) bond motifs is 11. The van der Waals surface area contributed by atoms with Crippen molar-refractivity contribution in [1.29, 1.82) is 0 Å². The van der Waals surface area contributed by atoms with Crippen LogP contribution < -0.4 is 0 Å². The van der Waals surface area contributed by atoms with Crippen molar-refractivity contribution in [2.45, 2.75) is 0 Å². The minimum absolute atomic E-state index is 0.707. The van der Waals surface area contributed by atoms with Gasteiger partial charge in [0.05, 0.1) is 27.6 Å². The van der Waals surface area contributed by atoms with Crippen molar-refractivity contribution >= 4 is 86.8 Å². The molecular formula is C50H30N4. The summed E-state index contributed by atoms with van der Waals surface area (Å²) in [6, 6.07) is 65.6. The van der Waals surface area contributed by atoms with E-state index in [9.17, 15) is 0 Å². The molecule has 4 nitrogen and oxygen atoms in total. The molecule has 250 valence electrons. The van der Waals surface area contributed by atoms with Crippen molar-refractivity contribution in [3.8, 4) is 22.9 Å². The third-order valence-electron chi connectivity index (χ3n) is 11.2. The molecule has 0 unspecified atom stereocenters. The molecule has 0 radical (unpaired) electrons. The largest absolute Gasteiger partial charge is 0.309 e. The number of hydrogen-bond donors (Lipinski definition) is 0. The first-order valence-corrected chi connectivity index (χ1v) is 18.4. The van der Waals surface area contributed by atoms with E-state index in [-0.39, 0.29) is 0 Å². The maximum absolute atomic E-state index is 5.44. The Morgan fingerprint density at radius 2 is 0.963 bits per heavy atom. The average molecular weight is 687 g/mol. The molecule has 0 aliphatic heterocycles. The first-order valence-electron chi connectivity index (χ1n) is 18.4. The van der Waals surface area contributed by atoms with Gasteiger partial charge in [0.1, 0.15) is 5.82 Å². The number of hydrogen-bond acceptors (Lipinski definition) is 2. The van der Waals surface area contributed by atoms with Gasteiger partial charge < -0.3 is 4.57 Å². The molecule has 12 rings (SSSR count). The Labute approximate surface area is 309 Å². The van der Waals surface area contributed by atoms with Crippen LogP contribution in [0.5, 0.6) is 0 Å². The number of nitrogens with zero attached hydrogens (tertiary/aromatic N) is 4. The van der Waals surface area contributed by atoms with Crippen LogP contribution in [0.2, 0.25) is 0 Å². The van der Waals surface area contributed by atoms with Crippen LogP contribution in [0.1, 0.15) is 0 Å². The molecule has 0 aliphatic rings. The van der Waals surface area contributed by atoms with Gasteiger partial charge in [-0.2, -0.15) is 0 Å². The molecule has 0 saturated carbocycles. The highest BCUT2D eigenvalue weighted by Crippen LogP contribution is 2.41. The summed E-state index contributed by atoms with van der Waals surface area (Å²) in [5.41, 5.74) is 7.67. The SMILES string of the molecule is c1ccc2cc(-c3nc(-n4c5ccc(-n6c7ccccc7c7ccc8ccccc8c76)cc5c5cc6ccccc6cc54)c4ccccc4n3)ccc2c1. The van der Waals surface area contributed by atoms with E-state index in [4.69, 9.17) is 9.97 Å².